The maximum atomic E-state index is 13.9. The quantitative estimate of drug-likeness (QED) is 0.120. The molecule has 46 heavy (non-hydrogen) atoms. The monoisotopic (exact) mass is 643 g/mol. The number of phenolic OH excluding ortho intramolecular Hbond substituents is 1. The maximum Gasteiger partial charge on any atom is 0.412 e. The predicted octanol–water partition coefficient (Wildman–Crippen LogP) is 0.762. The van der Waals surface area contributed by atoms with Crippen molar-refractivity contribution in [3.05, 3.63) is 45.7 Å². The third-order valence-corrected chi connectivity index (χ3v) is 8.58. The molecule has 15 nitrogen and oxygen atoms in total. The second kappa shape index (κ2) is 11.9. The number of Topliss-reactive ketones (excluding diaryl/α,β-unsaturated/α-hetero) is 3. The number of amides is 2. The van der Waals surface area contributed by atoms with Crippen LogP contribution >= 0.6 is 0 Å². The van der Waals surface area contributed by atoms with Crippen LogP contribution in [-0.2, 0) is 35.1 Å². The van der Waals surface area contributed by atoms with Gasteiger partial charge in [-0.25, -0.2) is 4.79 Å². The Kier molecular flexibility index (Phi) is 8.81. The van der Waals surface area contributed by atoms with Crippen molar-refractivity contribution in [2.24, 2.45) is 23.0 Å². The minimum atomic E-state index is -2.79. The number of ketones is 3. The van der Waals surface area contributed by atoms with Crippen LogP contribution in [0.25, 0.3) is 5.76 Å². The van der Waals surface area contributed by atoms with E-state index in [0.29, 0.717) is 0 Å². The van der Waals surface area contributed by atoms with Gasteiger partial charge < -0.3 is 40.5 Å². The minimum absolute atomic E-state index is 0.00753. The molecule has 15 heteroatoms. The Balaban J connectivity index is 1.68. The van der Waals surface area contributed by atoms with Crippen LogP contribution in [0.5, 0.6) is 5.75 Å². The lowest BCUT2D eigenvalue weighted by atomic mass is 9.57. The number of ether oxygens (including phenoxy) is 2. The number of likely N-dealkylation sites (N-methyl/N-ethyl adjacent to an activating group) is 2. The number of hydrogen-bond acceptors (Lipinski definition) is 13. The van der Waals surface area contributed by atoms with Gasteiger partial charge in [0.1, 0.15) is 22.8 Å². The number of nitrogens with two attached hydrogens (primary N) is 1. The van der Waals surface area contributed by atoms with E-state index >= 15 is 0 Å². The Morgan fingerprint density at radius 1 is 1.04 bits per heavy atom. The number of rotatable bonds is 7. The third-order valence-electron chi connectivity index (χ3n) is 8.58. The predicted molar refractivity (Wildman–Crippen MR) is 158 cm³/mol. The van der Waals surface area contributed by atoms with Gasteiger partial charge in [0.2, 0.25) is 12.6 Å². The molecule has 1 aromatic carbocycles. The minimum Gasteiger partial charge on any atom is -0.508 e. The summed E-state index contributed by atoms with van der Waals surface area (Å²) in [6.07, 6.45) is -1.24. The van der Waals surface area contributed by atoms with E-state index in [1.54, 1.807) is 20.8 Å². The smallest absolute Gasteiger partial charge is 0.412 e. The Morgan fingerprint density at radius 2 is 1.67 bits per heavy atom. The molecule has 0 radical (unpaired) electrons. The van der Waals surface area contributed by atoms with Crippen molar-refractivity contribution in [3.8, 4) is 5.75 Å². The lowest BCUT2D eigenvalue weighted by molar-refractivity contribution is -0.161. The standard InChI is InChI=1S/C31H37N3O12/c1-30(2,3)28(42)45-12-46-29(43)34(6)11-18(36)14-7-8-17(35)20-15(14)9-13-10-16-22(33(4)5)24(38)21(27(32)41)26(40)31(16,44)25(39)19(13)23(20)37/h7-8,13,16,22,35,37,40,44H,9-12H2,1-6H3,(H2,32,41)/t13-,16-,22-,31-/m0/s1. The average molecular weight is 644 g/mol. The van der Waals surface area contributed by atoms with E-state index in [1.165, 1.54) is 32.1 Å². The summed E-state index contributed by atoms with van der Waals surface area (Å²) >= 11 is 0. The van der Waals surface area contributed by atoms with Crippen LogP contribution in [0, 0.1) is 17.3 Å². The van der Waals surface area contributed by atoms with E-state index < -0.39 is 100 Å². The van der Waals surface area contributed by atoms with Crippen LogP contribution in [0.3, 0.4) is 0 Å². The van der Waals surface area contributed by atoms with Crippen LogP contribution in [0.4, 0.5) is 4.79 Å². The Labute approximate surface area is 263 Å². The summed E-state index contributed by atoms with van der Waals surface area (Å²) in [5.41, 5.74) is 0.323. The summed E-state index contributed by atoms with van der Waals surface area (Å²) in [5.74, 6) is -9.26. The molecule has 4 rings (SSSR count). The maximum absolute atomic E-state index is 13.9. The molecule has 6 N–H and O–H groups in total. The molecule has 248 valence electrons. The lowest BCUT2D eigenvalue weighted by Crippen LogP contribution is -2.65. The summed E-state index contributed by atoms with van der Waals surface area (Å²) in [5, 5.41) is 44.7. The largest absolute Gasteiger partial charge is 0.508 e. The van der Waals surface area contributed by atoms with Gasteiger partial charge in [-0.1, -0.05) is 0 Å². The lowest BCUT2D eigenvalue weighted by Gasteiger charge is -2.50. The van der Waals surface area contributed by atoms with Gasteiger partial charge in [-0.3, -0.25) is 28.9 Å². The molecule has 0 heterocycles. The summed E-state index contributed by atoms with van der Waals surface area (Å²) in [6, 6.07) is 1.15. The van der Waals surface area contributed by atoms with Crippen LogP contribution < -0.4 is 5.73 Å². The van der Waals surface area contributed by atoms with E-state index in [0.717, 1.165) is 11.0 Å². The van der Waals surface area contributed by atoms with Crippen LogP contribution in [-0.4, -0.2) is 112 Å². The number of nitrogens with zero attached hydrogens (tertiary/aromatic N) is 2. The molecule has 2 amide bonds. The highest BCUT2D eigenvalue weighted by molar-refractivity contribution is 6.24. The number of aromatic hydroxyl groups is 1. The molecular weight excluding hydrogens is 606 g/mol. The molecule has 1 aromatic rings. The topological polar surface area (TPSA) is 234 Å². The van der Waals surface area contributed by atoms with Gasteiger partial charge in [-0.15, -0.1) is 0 Å². The van der Waals surface area contributed by atoms with E-state index in [1.807, 2.05) is 0 Å². The Bertz CT molecular complexity index is 1620. The fraction of sp³-hybridized carbons (Fsp3) is 0.484. The first kappa shape index (κ1) is 34.1. The second-order valence-electron chi connectivity index (χ2n) is 12.9. The van der Waals surface area contributed by atoms with Crippen LogP contribution in [0.1, 0.15) is 48.7 Å². The van der Waals surface area contributed by atoms with Crippen LogP contribution in [0.15, 0.2) is 29.0 Å². The number of carbonyl (C=O) groups excluding carboxylic acids is 6. The molecule has 4 atom stereocenters. The van der Waals surface area contributed by atoms with E-state index in [2.05, 4.69) is 0 Å². The molecule has 1 saturated carbocycles. The fourth-order valence-electron chi connectivity index (χ4n) is 6.33. The molecular formula is C31H37N3O12. The first-order valence-electron chi connectivity index (χ1n) is 14.3. The zero-order valence-electron chi connectivity index (χ0n) is 26.2. The van der Waals surface area contributed by atoms with Gasteiger partial charge in [0.15, 0.2) is 17.2 Å². The normalized spacial score (nSPS) is 24.2. The number of aliphatic hydroxyl groups excluding tert-OH is 2. The molecule has 0 bridgehead atoms. The highest BCUT2D eigenvalue weighted by Crippen LogP contribution is 2.53. The number of carbonyl (C=O) groups is 6. The van der Waals surface area contributed by atoms with Gasteiger partial charge in [0.25, 0.3) is 5.91 Å². The molecule has 3 aliphatic rings. The number of fused-ring (bicyclic) bond motifs is 3. The Hall–Kier alpha value is -4.76. The molecule has 0 spiro atoms. The van der Waals surface area contributed by atoms with Gasteiger partial charge in [-0.05, 0) is 71.3 Å². The highest BCUT2D eigenvalue weighted by atomic mass is 16.7. The van der Waals surface area contributed by atoms with Gasteiger partial charge in [0, 0.05) is 24.1 Å². The third kappa shape index (κ3) is 5.49. The number of aliphatic hydroxyl groups is 3. The molecule has 0 unspecified atom stereocenters. The highest BCUT2D eigenvalue weighted by Gasteiger charge is 2.64. The molecule has 0 aromatic heterocycles. The van der Waals surface area contributed by atoms with Crippen molar-refractivity contribution in [3.63, 3.8) is 0 Å². The first-order chi connectivity index (χ1) is 21.2. The van der Waals surface area contributed by atoms with Crippen molar-refractivity contribution in [1.82, 2.24) is 9.80 Å². The van der Waals surface area contributed by atoms with E-state index in [-0.39, 0.29) is 35.1 Å². The zero-order valence-corrected chi connectivity index (χ0v) is 26.2. The van der Waals surface area contributed by atoms with Crippen molar-refractivity contribution < 1.29 is 58.7 Å². The van der Waals surface area contributed by atoms with Gasteiger partial charge >= 0.3 is 12.1 Å². The Morgan fingerprint density at radius 3 is 2.24 bits per heavy atom. The number of primary amides is 1. The first-order valence-corrected chi connectivity index (χ1v) is 14.3. The summed E-state index contributed by atoms with van der Waals surface area (Å²) < 4.78 is 9.83. The molecule has 1 fully saturated rings. The van der Waals surface area contributed by atoms with E-state index in [9.17, 15) is 49.2 Å². The molecule has 0 saturated heterocycles. The van der Waals surface area contributed by atoms with Crippen molar-refractivity contribution in [1.29, 1.82) is 0 Å². The summed E-state index contributed by atoms with van der Waals surface area (Å²) in [4.78, 5) is 79.4. The van der Waals surface area contributed by atoms with Gasteiger partial charge in [-0.2, -0.15) is 0 Å². The molecule has 0 aliphatic heterocycles. The van der Waals surface area contributed by atoms with Crippen molar-refractivity contribution in [2.45, 2.75) is 45.3 Å². The SMILES string of the molecule is CN(CC(=O)c1ccc(O)c2c1C[C@H]1C[C@H]3[C@H](N(C)C)C(=O)C(C(N)=O)=C(O)[C@@]3(O)C(=O)C1=C2O)C(=O)OCOC(=O)C(C)(C)C. The summed E-state index contributed by atoms with van der Waals surface area (Å²) in [7, 11) is 4.24. The second-order valence-corrected chi connectivity index (χ2v) is 12.9. The number of esters is 1. The zero-order chi connectivity index (χ0) is 34.6. The van der Waals surface area contributed by atoms with Crippen molar-refractivity contribution >= 4 is 41.1 Å². The fourth-order valence-corrected chi connectivity index (χ4v) is 6.33. The number of phenols is 1. The van der Waals surface area contributed by atoms with Crippen molar-refractivity contribution in [2.75, 3.05) is 34.5 Å². The van der Waals surface area contributed by atoms with E-state index in [4.69, 9.17) is 15.2 Å². The van der Waals surface area contributed by atoms with Crippen LogP contribution in [0.2, 0.25) is 0 Å². The number of benzene rings is 1. The van der Waals surface area contributed by atoms with Gasteiger partial charge in [0.05, 0.1) is 23.6 Å². The molecule has 3 aliphatic carbocycles. The summed E-state index contributed by atoms with van der Waals surface area (Å²) in [6.45, 7) is 3.67. The number of hydrogen-bond donors (Lipinski definition) is 5. The average Bonchev–Trinajstić information content (AvgIpc) is 2.93.